The lowest BCUT2D eigenvalue weighted by atomic mass is 9.86. The van der Waals surface area contributed by atoms with Gasteiger partial charge in [0.15, 0.2) is 0 Å². The number of aliphatic carboxylic acids is 1. The number of amides is 1. The Balaban J connectivity index is 1.66. The predicted molar refractivity (Wildman–Crippen MR) is 79.2 cm³/mol. The van der Waals surface area contributed by atoms with Crippen LogP contribution in [0.5, 0.6) is 0 Å². The molecule has 3 rings (SSSR count). The highest BCUT2D eigenvalue weighted by Gasteiger charge is 2.42. The lowest BCUT2D eigenvalue weighted by Crippen LogP contribution is -2.43. The molecule has 0 bridgehead atoms. The number of carbonyl (C=O) groups excluding carboxylic acids is 1. The van der Waals surface area contributed by atoms with E-state index in [-0.39, 0.29) is 18.4 Å². The number of anilines is 1. The summed E-state index contributed by atoms with van der Waals surface area (Å²) in [4.78, 5) is 23.9. The van der Waals surface area contributed by atoms with Gasteiger partial charge in [-0.15, -0.1) is 0 Å². The van der Waals surface area contributed by atoms with Crippen molar-refractivity contribution in [2.75, 3.05) is 18.4 Å². The zero-order chi connectivity index (χ0) is 14.9. The van der Waals surface area contributed by atoms with Gasteiger partial charge in [0.05, 0.1) is 11.3 Å². The molecule has 5 heteroatoms. The molecule has 0 radical (unpaired) electrons. The van der Waals surface area contributed by atoms with E-state index in [1.165, 1.54) is 0 Å². The summed E-state index contributed by atoms with van der Waals surface area (Å²) in [5, 5.41) is 15.5. The average Bonchev–Trinajstić information content (AvgIpc) is 3.12. The number of nitrogens with one attached hydrogen (secondary N) is 2. The molecule has 3 N–H and O–H groups in total. The van der Waals surface area contributed by atoms with Crippen LogP contribution in [0, 0.1) is 5.41 Å². The highest BCUT2D eigenvalue weighted by Crippen LogP contribution is 2.38. The summed E-state index contributed by atoms with van der Waals surface area (Å²) in [6.45, 7) is 0.811. The van der Waals surface area contributed by atoms with Crippen LogP contribution in [0.2, 0.25) is 0 Å². The number of rotatable bonds is 4. The molecule has 1 heterocycles. The summed E-state index contributed by atoms with van der Waals surface area (Å²) in [5.41, 5.74) is 1.22. The van der Waals surface area contributed by atoms with Crippen molar-refractivity contribution in [3.63, 3.8) is 0 Å². The first-order valence-corrected chi connectivity index (χ1v) is 7.46. The van der Waals surface area contributed by atoms with Gasteiger partial charge in [0.1, 0.15) is 0 Å². The molecule has 1 aliphatic heterocycles. The average molecular weight is 288 g/mol. The summed E-state index contributed by atoms with van der Waals surface area (Å²) < 4.78 is 0. The van der Waals surface area contributed by atoms with E-state index in [0.717, 1.165) is 24.1 Å². The number of hydrogen-bond acceptors (Lipinski definition) is 3. The maximum absolute atomic E-state index is 12.4. The minimum atomic E-state index is -0.787. The Labute approximate surface area is 123 Å². The Morgan fingerprint density at radius 1 is 1.29 bits per heavy atom. The molecular weight excluding hydrogens is 268 g/mol. The Hall–Kier alpha value is -2.04. The van der Waals surface area contributed by atoms with Gasteiger partial charge in [-0.2, -0.15) is 0 Å². The number of carboxylic acid groups (broad SMARTS) is 1. The van der Waals surface area contributed by atoms with Gasteiger partial charge in [-0.05, 0) is 24.5 Å². The van der Waals surface area contributed by atoms with Crippen molar-refractivity contribution in [1.29, 1.82) is 0 Å². The largest absolute Gasteiger partial charge is 0.481 e. The first kappa shape index (κ1) is 13.9. The maximum atomic E-state index is 12.4. The van der Waals surface area contributed by atoms with E-state index in [4.69, 9.17) is 0 Å². The summed E-state index contributed by atoms with van der Waals surface area (Å²) >= 11 is 0. The van der Waals surface area contributed by atoms with Gasteiger partial charge in [0.25, 0.3) is 0 Å². The van der Waals surface area contributed by atoms with Crippen LogP contribution in [-0.4, -0.2) is 30.1 Å². The molecule has 21 heavy (non-hydrogen) atoms. The van der Waals surface area contributed by atoms with Crippen molar-refractivity contribution in [3.05, 3.63) is 29.8 Å². The summed E-state index contributed by atoms with van der Waals surface area (Å²) in [6, 6.07) is 7.76. The predicted octanol–water partition coefficient (Wildman–Crippen LogP) is 1.96. The molecule has 5 nitrogen and oxygen atoms in total. The minimum Gasteiger partial charge on any atom is -0.481 e. The normalized spacial score (nSPS) is 22.4. The fourth-order valence-corrected chi connectivity index (χ4v) is 3.42. The molecule has 112 valence electrons. The van der Waals surface area contributed by atoms with Crippen molar-refractivity contribution in [3.8, 4) is 0 Å². The molecule has 1 saturated carbocycles. The molecule has 2 aliphatic rings. The number of carboxylic acids is 1. The van der Waals surface area contributed by atoms with Crippen molar-refractivity contribution in [2.45, 2.75) is 31.6 Å². The van der Waals surface area contributed by atoms with Gasteiger partial charge in [-0.3, -0.25) is 9.59 Å². The highest BCUT2D eigenvalue weighted by molar-refractivity contribution is 5.88. The quantitative estimate of drug-likeness (QED) is 0.791. The summed E-state index contributed by atoms with van der Waals surface area (Å²) in [6.07, 6.45) is 3.16. The lowest BCUT2D eigenvalue weighted by Gasteiger charge is -2.24. The topological polar surface area (TPSA) is 78.4 Å². The molecule has 1 aliphatic carbocycles. The standard InChI is InChI=1S/C16H20N2O3/c19-14(12-9-17-13-6-2-1-5-11(12)13)18-10-16(15(20)21)7-3-4-8-16/h1-2,5-6,12,17H,3-4,7-10H2,(H,18,19)(H,20,21). The second-order valence-corrected chi connectivity index (χ2v) is 6.03. The van der Waals surface area contributed by atoms with Crippen LogP contribution in [0.15, 0.2) is 24.3 Å². The molecule has 1 aromatic carbocycles. The van der Waals surface area contributed by atoms with E-state index < -0.39 is 11.4 Å². The molecule has 1 unspecified atom stereocenters. The molecule has 0 aromatic heterocycles. The number of benzene rings is 1. The molecule has 1 fully saturated rings. The summed E-state index contributed by atoms with van der Waals surface area (Å²) in [5.74, 6) is -1.10. The first-order valence-electron chi connectivity index (χ1n) is 7.46. The SMILES string of the molecule is O=C(NCC1(C(=O)O)CCCC1)C1CNc2ccccc21. The number of carbonyl (C=O) groups is 2. The van der Waals surface area contributed by atoms with Gasteiger partial charge in [0.2, 0.25) is 5.91 Å². The van der Waals surface area contributed by atoms with E-state index >= 15 is 0 Å². The third-order valence-electron chi connectivity index (χ3n) is 4.76. The van der Waals surface area contributed by atoms with Crippen molar-refractivity contribution >= 4 is 17.6 Å². The van der Waals surface area contributed by atoms with Crippen LogP contribution in [-0.2, 0) is 9.59 Å². The smallest absolute Gasteiger partial charge is 0.311 e. The van der Waals surface area contributed by atoms with Crippen LogP contribution >= 0.6 is 0 Å². The van der Waals surface area contributed by atoms with E-state index in [1.807, 2.05) is 24.3 Å². The first-order chi connectivity index (χ1) is 10.1. The van der Waals surface area contributed by atoms with Gasteiger partial charge in [-0.1, -0.05) is 31.0 Å². The zero-order valence-corrected chi connectivity index (χ0v) is 11.9. The molecule has 1 atom stereocenters. The molecular formula is C16H20N2O3. The molecule has 0 saturated heterocycles. The van der Waals surface area contributed by atoms with Crippen molar-refractivity contribution < 1.29 is 14.7 Å². The second-order valence-electron chi connectivity index (χ2n) is 6.03. The van der Waals surface area contributed by atoms with Crippen LogP contribution in [0.25, 0.3) is 0 Å². The van der Waals surface area contributed by atoms with Gasteiger partial charge in [-0.25, -0.2) is 0 Å². The Morgan fingerprint density at radius 2 is 2.00 bits per heavy atom. The monoisotopic (exact) mass is 288 g/mol. The Morgan fingerprint density at radius 3 is 2.71 bits per heavy atom. The van der Waals surface area contributed by atoms with Gasteiger partial charge in [0, 0.05) is 18.8 Å². The van der Waals surface area contributed by atoms with Crippen LogP contribution in [0.3, 0.4) is 0 Å². The van der Waals surface area contributed by atoms with E-state index in [9.17, 15) is 14.7 Å². The van der Waals surface area contributed by atoms with Gasteiger partial charge < -0.3 is 15.7 Å². The third-order valence-corrected chi connectivity index (χ3v) is 4.76. The van der Waals surface area contributed by atoms with Crippen molar-refractivity contribution in [2.24, 2.45) is 5.41 Å². The van der Waals surface area contributed by atoms with Gasteiger partial charge >= 0.3 is 5.97 Å². The number of para-hydroxylation sites is 1. The summed E-state index contributed by atoms with van der Waals surface area (Å²) in [7, 11) is 0. The molecule has 0 spiro atoms. The lowest BCUT2D eigenvalue weighted by molar-refractivity contribution is -0.148. The number of hydrogen-bond donors (Lipinski definition) is 3. The Bertz CT molecular complexity index is 564. The maximum Gasteiger partial charge on any atom is 0.311 e. The van der Waals surface area contributed by atoms with Crippen LogP contribution in [0.1, 0.15) is 37.2 Å². The number of fused-ring (bicyclic) bond motifs is 1. The fraction of sp³-hybridized carbons (Fsp3) is 0.500. The fourth-order valence-electron chi connectivity index (χ4n) is 3.42. The van der Waals surface area contributed by atoms with E-state index in [2.05, 4.69) is 10.6 Å². The highest BCUT2D eigenvalue weighted by atomic mass is 16.4. The van der Waals surface area contributed by atoms with Crippen LogP contribution in [0.4, 0.5) is 5.69 Å². The van der Waals surface area contributed by atoms with E-state index in [1.54, 1.807) is 0 Å². The van der Waals surface area contributed by atoms with Crippen molar-refractivity contribution in [1.82, 2.24) is 5.32 Å². The second kappa shape index (κ2) is 5.39. The molecule has 1 aromatic rings. The minimum absolute atomic E-state index is 0.0834. The zero-order valence-electron chi connectivity index (χ0n) is 11.9. The van der Waals surface area contributed by atoms with E-state index in [0.29, 0.717) is 19.4 Å². The molecule has 1 amide bonds. The Kier molecular flexibility index (Phi) is 3.57. The van der Waals surface area contributed by atoms with Crippen LogP contribution < -0.4 is 10.6 Å². The third kappa shape index (κ3) is 2.48.